The fourth-order valence-corrected chi connectivity index (χ4v) is 1.63. The van der Waals surface area contributed by atoms with Crippen molar-refractivity contribution in [2.45, 2.75) is 32.3 Å². The summed E-state index contributed by atoms with van der Waals surface area (Å²) in [5.41, 5.74) is 0.0233. The van der Waals surface area contributed by atoms with Crippen molar-refractivity contribution in [3.05, 3.63) is 12.2 Å². The smallest absolute Gasteiger partial charge is 0.334 e. The highest BCUT2D eigenvalue weighted by Gasteiger charge is 2.28. The molecule has 0 fully saturated rings. The molecule has 0 aliphatic rings. The van der Waals surface area contributed by atoms with Crippen LogP contribution in [0.1, 0.15) is 6.92 Å². The van der Waals surface area contributed by atoms with Gasteiger partial charge in [-0.2, -0.15) is 0 Å². The molecule has 0 aliphatic carbocycles. The van der Waals surface area contributed by atoms with Crippen LogP contribution in [0.4, 0.5) is 0 Å². The molecule has 0 N–H and O–H groups in total. The molecule has 72 valence electrons. The molecule has 0 aliphatic heterocycles. The zero-order valence-electron chi connectivity index (χ0n) is 8.68. The Morgan fingerprint density at radius 3 is 2.23 bits per heavy atom. The fourth-order valence-electron chi connectivity index (χ4n) is 0.668. The summed E-state index contributed by atoms with van der Waals surface area (Å²) in [4.78, 5) is 11.2. The normalized spacial score (nSPS) is 12.8. The molecule has 0 radical (unpaired) electrons. The number of terminal acetylenes is 1. The van der Waals surface area contributed by atoms with Gasteiger partial charge in [-0.05, 0) is 6.92 Å². The van der Waals surface area contributed by atoms with Crippen molar-refractivity contribution in [1.29, 1.82) is 0 Å². The summed E-state index contributed by atoms with van der Waals surface area (Å²) in [6.07, 6.45) is 5.29. The van der Waals surface area contributed by atoms with E-state index in [-0.39, 0.29) is 5.73 Å². The topological polar surface area (TPSA) is 26.3 Å². The summed E-state index contributed by atoms with van der Waals surface area (Å²) in [6.45, 7) is 11.3. The minimum atomic E-state index is -1.62. The number of ether oxygens (including phenoxy) is 1. The zero-order valence-corrected chi connectivity index (χ0v) is 9.68. The SMILES string of the molecule is C#CC(OC(=O)C(=C)C)[Si](C)(C)C. The lowest BCUT2D eigenvalue weighted by molar-refractivity contribution is -0.139. The van der Waals surface area contributed by atoms with Gasteiger partial charge in [0.1, 0.15) is 13.8 Å². The quantitative estimate of drug-likeness (QED) is 0.299. The molecule has 1 unspecified atom stereocenters. The van der Waals surface area contributed by atoms with Crippen molar-refractivity contribution in [2.24, 2.45) is 0 Å². The predicted octanol–water partition coefficient (Wildman–Crippen LogP) is 1.98. The molecular formula is C10H16O2Si. The number of rotatable bonds is 3. The number of carbonyl (C=O) groups is 1. The van der Waals surface area contributed by atoms with Crippen molar-refractivity contribution in [1.82, 2.24) is 0 Å². The monoisotopic (exact) mass is 196 g/mol. The van der Waals surface area contributed by atoms with Crippen LogP contribution in [0.25, 0.3) is 0 Å². The summed E-state index contributed by atoms with van der Waals surface area (Å²) in [7, 11) is -1.62. The van der Waals surface area contributed by atoms with Gasteiger partial charge in [0.2, 0.25) is 0 Å². The minimum absolute atomic E-state index is 0.364. The standard InChI is InChI=1S/C10H16O2Si/c1-7-9(13(4,5)6)12-10(11)8(2)3/h1,9H,2H2,3-6H3. The molecule has 0 saturated carbocycles. The first-order chi connectivity index (χ1) is 5.79. The summed E-state index contributed by atoms with van der Waals surface area (Å²) in [5, 5.41) is 0. The Bertz CT molecular complexity index is 255. The van der Waals surface area contributed by atoms with E-state index >= 15 is 0 Å². The van der Waals surface area contributed by atoms with Gasteiger partial charge in [0, 0.05) is 5.57 Å². The maximum atomic E-state index is 11.2. The molecule has 0 heterocycles. The molecule has 0 aromatic rings. The van der Waals surface area contributed by atoms with Crippen molar-refractivity contribution in [3.8, 4) is 12.3 Å². The van der Waals surface area contributed by atoms with Gasteiger partial charge in [-0.25, -0.2) is 4.79 Å². The molecule has 0 spiro atoms. The van der Waals surface area contributed by atoms with E-state index in [9.17, 15) is 4.79 Å². The second-order valence-electron chi connectivity index (χ2n) is 4.10. The number of hydrogen-bond donors (Lipinski definition) is 0. The summed E-state index contributed by atoms with van der Waals surface area (Å²) in [6, 6.07) is 0. The van der Waals surface area contributed by atoms with Crippen molar-refractivity contribution in [3.63, 3.8) is 0 Å². The van der Waals surface area contributed by atoms with Crippen LogP contribution in [-0.4, -0.2) is 19.8 Å². The molecule has 0 saturated heterocycles. The van der Waals surface area contributed by atoms with E-state index in [0.29, 0.717) is 5.57 Å². The highest BCUT2D eigenvalue weighted by Crippen LogP contribution is 2.12. The van der Waals surface area contributed by atoms with Gasteiger partial charge in [0.05, 0.1) is 0 Å². The molecular weight excluding hydrogens is 180 g/mol. The van der Waals surface area contributed by atoms with E-state index in [4.69, 9.17) is 11.2 Å². The van der Waals surface area contributed by atoms with Crippen LogP contribution in [0.3, 0.4) is 0 Å². The first-order valence-electron chi connectivity index (χ1n) is 4.11. The van der Waals surface area contributed by atoms with E-state index in [1.807, 2.05) is 0 Å². The number of hydrogen-bond acceptors (Lipinski definition) is 2. The van der Waals surface area contributed by atoms with Crippen LogP contribution in [-0.2, 0) is 9.53 Å². The van der Waals surface area contributed by atoms with E-state index in [1.165, 1.54) is 0 Å². The molecule has 0 rings (SSSR count). The van der Waals surface area contributed by atoms with Gasteiger partial charge >= 0.3 is 5.97 Å². The van der Waals surface area contributed by atoms with Crippen LogP contribution in [0.5, 0.6) is 0 Å². The van der Waals surface area contributed by atoms with Crippen LogP contribution < -0.4 is 0 Å². The van der Waals surface area contributed by atoms with Gasteiger partial charge in [0.25, 0.3) is 0 Å². The lowest BCUT2D eigenvalue weighted by Gasteiger charge is -2.23. The highest BCUT2D eigenvalue weighted by atomic mass is 28.3. The van der Waals surface area contributed by atoms with Crippen LogP contribution in [0.2, 0.25) is 19.6 Å². The average Bonchev–Trinajstić information content (AvgIpc) is 1.96. The van der Waals surface area contributed by atoms with Gasteiger partial charge in [0.15, 0.2) is 0 Å². The molecule has 0 aromatic carbocycles. The Kier molecular flexibility index (Phi) is 3.95. The Hall–Kier alpha value is -1.01. The van der Waals surface area contributed by atoms with Crippen LogP contribution >= 0.6 is 0 Å². The van der Waals surface area contributed by atoms with Gasteiger partial charge in [-0.1, -0.05) is 32.1 Å². The van der Waals surface area contributed by atoms with Crippen molar-refractivity contribution in [2.75, 3.05) is 0 Å². The fraction of sp³-hybridized carbons (Fsp3) is 0.500. The molecule has 0 aromatic heterocycles. The third-order valence-electron chi connectivity index (χ3n) is 1.51. The molecule has 1 atom stereocenters. The first-order valence-corrected chi connectivity index (χ1v) is 7.69. The summed E-state index contributed by atoms with van der Waals surface area (Å²) >= 11 is 0. The van der Waals surface area contributed by atoms with Crippen LogP contribution in [0.15, 0.2) is 12.2 Å². The first kappa shape index (κ1) is 12.0. The summed E-state index contributed by atoms with van der Waals surface area (Å²) in [5.74, 6) is 2.11. The largest absolute Gasteiger partial charge is 0.450 e. The maximum Gasteiger partial charge on any atom is 0.334 e. The second-order valence-corrected chi connectivity index (χ2v) is 9.35. The second kappa shape index (κ2) is 4.29. The van der Waals surface area contributed by atoms with E-state index < -0.39 is 14.0 Å². The highest BCUT2D eigenvalue weighted by molar-refractivity contribution is 6.78. The van der Waals surface area contributed by atoms with E-state index in [0.717, 1.165) is 0 Å². The van der Waals surface area contributed by atoms with Gasteiger partial charge in [-0.3, -0.25) is 0 Å². The third-order valence-corrected chi connectivity index (χ3v) is 3.37. The summed E-state index contributed by atoms with van der Waals surface area (Å²) < 4.78 is 5.11. The maximum absolute atomic E-state index is 11.2. The van der Waals surface area contributed by atoms with Crippen molar-refractivity contribution >= 4 is 14.0 Å². The molecule has 2 nitrogen and oxygen atoms in total. The van der Waals surface area contributed by atoms with E-state index in [1.54, 1.807) is 6.92 Å². The minimum Gasteiger partial charge on any atom is -0.450 e. The molecule has 0 amide bonds. The average molecular weight is 196 g/mol. The molecule has 0 bridgehead atoms. The Morgan fingerprint density at radius 1 is 1.54 bits per heavy atom. The third kappa shape index (κ3) is 3.95. The number of esters is 1. The van der Waals surface area contributed by atoms with Crippen LogP contribution in [0, 0.1) is 12.3 Å². The van der Waals surface area contributed by atoms with E-state index in [2.05, 4.69) is 32.1 Å². The Balaban J connectivity index is 4.43. The molecule has 13 heavy (non-hydrogen) atoms. The lowest BCUT2D eigenvalue weighted by atomic mass is 10.4. The molecule has 3 heteroatoms. The van der Waals surface area contributed by atoms with Crippen molar-refractivity contribution < 1.29 is 9.53 Å². The Labute approximate surface area is 81.0 Å². The lowest BCUT2D eigenvalue weighted by Crippen LogP contribution is -2.40. The Morgan fingerprint density at radius 2 is 2.00 bits per heavy atom. The van der Waals surface area contributed by atoms with Gasteiger partial charge in [-0.15, -0.1) is 6.42 Å². The number of carbonyl (C=O) groups excluding carboxylic acids is 1. The van der Waals surface area contributed by atoms with Gasteiger partial charge < -0.3 is 4.74 Å². The predicted molar refractivity (Wildman–Crippen MR) is 56.9 cm³/mol. The zero-order chi connectivity index (χ0) is 10.6.